The predicted molar refractivity (Wildman–Crippen MR) is 95.0 cm³/mol. The molecule has 118 valence electrons. The molecule has 0 amide bonds. The molecule has 0 saturated heterocycles. The summed E-state index contributed by atoms with van der Waals surface area (Å²) in [7, 11) is 0. The highest BCUT2D eigenvalue weighted by Gasteiger charge is 2.04. The number of nitrogens with one attached hydrogen (secondary N) is 2. The zero-order valence-electron chi connectivity index (χ0n) is 13.3. The van der Waals surface area contributed by atoms with Crippen molar-refractivity contribution in [2.24, 2.45) is 0 Å². The number of aromatic nitrogens is 2. The van der Waals surface area contributed by atoms with Gasteiger partial charge in [-0.05, 0) is 30.2 Å². The molecule has 3 rings (SSSR count). The van der Waals surface area contributed by atoms with Crippen LogP contribution >= 0.6 is 0 Å². The van der Waals surface area contributed by atoms with Crippen LogP contribution in [-0.4, -0.2) is 9.97 Å². The molecular weight excluding hydrogens is 298 g/mol. The fourth-order valence-electron chi connectivity index (χ4n) is 2.34. The van der Waals surface area contributed by atoms with E-state index >= 15 is 0 Å². The third-order valence-corrected chi connectivity index (χ3v) is 3.70. The van der Waals surface area contributed by atoms with E-state index in [4.69, 9.17) is 5.26 Å². The molecular formula is C19H17N5. The summed E-state index contributed by atoms with van der Waals surface area (Å²) in [4.78, 5) is 8.45. The topological polar surface area (TPSA) is 73.6 Å². The first kappa shape index (κ1) is 15.5. The largest absolute Gasteiger partial charge is 0.366 e. The second-order valence-electron chi connectivity index (χ2n) is 5.35. The van der Waals surface area contributed by atoms with Crippen LogP contribution in [-0.2, 0) is 6.54 Å². The number of rotatable bonds is 5. The van der Waals surface area contributed by atoms with Crippen molar-refractivity contribution in [3.63, 3.8) is 0 Å². The second-order valence-corrected chi connectivity index (χ2v) is 5.35. The molecule has 24 heavy (non-hydrogen) atoms. The van der Waals surface area contributed by atoms with Crippen molar-refractivity contribution in [3.05, 3.63) is 77.6 Å². The fourth-order valence-corrected chi connectivity index (χ4v) is 2.34. The minimum Gasteiger partial charge on any atom is -0.366 e. The Morgan fingerprint density at radius 2 is 1.75 bits per heavy atom. The number of nitriles is 1. The molecule has 0 bridgehead atoms. The van der Waals surface area contributed by atoms with E-state index in [2.05, 4.69) is 45.7 Å². The zero-order valence-corrected chi connectivity index (χ0v) is 13.3. The Hall–Kier alpha value is -3.39. The first-order chi connectivity index (χ1) is 11.8. The van der Waals surface area contributed by atoms with Crippen LogP contribution in [0.5, 0.6) is 0 Å². The summed E-state index contributed by atoms with van der Waals surface area (Å²) in [6, 6.07) is 19.5. The molecule has 5 nitrogen and oxygen atoms in total. The van der Waals surface area contributed by atoms with Crippen LogP contribution in [0.25, 0.3) is 0 Å². The van der Waals surface area contributed by atoms with Gasteiger partial charge in [0.2, 0.25) is 0 Å². The Morgan fingerprint density at radius 1 is 1.00 bits per heavy atom. The van der Waals surface area contributed by atoms with E-state index in [1.807, 2.05) is 36.4 Å². The van der Waals surface area contributed by atoms with Crippen molar-refractivity contribution >= 4 is 17.3 Å². The maximum Gasteiger partial charge on any atom is 0.135 e. The summed E-state index contributed by atoms with van der Waals surface area (Å²) < 4.78 is 0. The van der Waals surface area contributed by atoms with Gasteiger partial charge in [-0.2, -0.15) is 5.26 Å². The number of para-hydroxylation sites is 1. The highest BCUT2D eigenvalue weighted by Crippen LogP contribution is 2.20. The maximum absolute atomic E-state index is 9.15. The molecule has 0 fully saturated rings. The van der Waals surface area contributed by atoms with Crippen LogP contribution in [0.1, 0.15) is 16.7 Å². The number of hydrogen-bond donors (Lipinski definition) is 2. The van der Waals surface area contributed by atoms with Crippen LogP contribution < -0.4 is 10.6 Å². The van der Waals surface area contributed by atoms with Gasteiger partial charge in [-0.25, -0.2) is 9.97 Å². The van der Waals surface area contributed by atoms with Crippen molar-refractivity contribution in [1.82, 2.24) is 9.97 Å². The Bertz CT molecular complexity index is 883. The quantitative estimate of drug-likeness (QED) is 0.744. The molecule has 0 aliphatic carbocycles. The fraction of sp³-hybridized carbons (Fsp3) is 0.105. The molecule has 2 aromatic carbocycles. The first-order valence-electron chi connectivity index (χ1n) is 7.63. The van der Waals surface area contributed by atoms with Crippen LogP contribution in [0, 0.1) is 18.3 Å². The predicted octanol–water partition coefficient (Wildman–Crippen LogP) is 4.01. The van der Waals surface area contributed by atoms with Gasteiger partial charge in [0.05, 0.1) is 11.3 Å². The third kappa shape index (κ3) is 3.68. The van der Waals surface area contributed by atoms with Crippen molar-refractivity contribution in [3.8, 4) is 6.07 Å². The molecule has 0 aliphatic heterocycles. The summed E-state index contributed by atoms with van der Waals surface area (Å²) in [5, 5.41) is 15.6. The summed E-state index contributed by atoms with van der Waals surface area (Å²) >= 11 is 0. The molecule has 5 heteroatoms. The van der Waals surface area contributed by atoms with Crippen molar-refractivity contribution in [1.29, 1.82) is 5.26 Å². The van der Waals surface area contributed by atoms with Crippen molar-refractivity contribution < 1.29 is 0 Å². The van der Waals surface area contributed by atoms with Crippen LogP contribution in [0.3, 0.4) is 0 Å². The summed E-state index contributed by atoms with van der Waals surface area (Å²) in [6.07, 6.45) is 1.50. The van der Waals surface area contributed by atoms with E-state index in [1.54, 1.807) is 6.07 Å². The molecule has 0 radical (unpaired) electrons. The molecule has 0 aliphatic rings. The molecule has 0 unspecified atom stereocenters. The molecule has 0 atom stereocenters. The van der Waals surface area contributed by atoms with Crippen LogP contribution in [0.2, 0.25) is 0 Å². The van der Waals surface area contributed by atoms with E-state index in [0.29, 0.717) is 17.9 Å². The average Bonchev–Trinajstić information content (AvgIpc) is 2.62. The first-order valence-corrected chi connectivity index (χ1v) is 7.63. The minimum absolute atomic E-state index is 0.575. The van der Waals surface area contributed by atoms with Crippen LogP contribution in [0.15, 0.2) is 60.9 Å². The Kier molecular flexibility index (Phi) is 4.68. The molecule has 0 saturated carbocycles. The molecule has 1 heterocycles. The number of hydrogen-bond acceptors (Lipinski definition) is 5. The molecule has 1 aromatic heterocycles. The number of benzene rings is 2. The maximum atomic E-state index is 9.15. The highest BCUT2D eigenvalue weighted by molar-refractivity contribution is 5.65. The lowest BCUT2D eigenvalue weighted by atomic mass is 10.1. The Morgan fingerprint density at radius 3 is 2.58 bits per heavy atom. The smallest absolute Gasteiger partial charge is 0.135 e. The van der Waals surface area contributed by atoms with Crippen molar-refractivity contribution in [2.45, 2.75) is 13.5 Å². The number of aryl methyl sites for hydroxylation is 1. The zero-order chi connectivity index (χ0) is 16.8. The SMILES string of the molecule is Cc1ccccc1CNc1cc(Nc2ccccc2C#N)ncn1. The van der Waals surface area contributed by atoms with Gasteiger partial charge in [0, 0.05) is 12.6 Å². The standard InChI is InChI=1S/C19H17N5/c1-14-6-2-3-8-16(14)12-21-18-10-19(23-13-22-18)24-17-9-5-4-7-15(17)11-20/h2-10,13H,12H2,1H3,(H2,21,22,23,24). The second kappa shape index (κ2) is 7.25. The van der Waals surface area contributed by atoms with E-state index in [9.17, 15) is 0 Å². The van der Waals surface area contributed by atoms with E-state index in [1.165, 1.54) is 17.5 Å². The van der Waals surface area contributed by atoms with Gasteiger partial charge in [0.25, 0.3) is 0 Å². The van der Waals surface area contributed by atoms with Gasteiger partial charge >= 0.3 is 0 Å². The van der Waals surface area contributed by atoms with Gasteiger partial charge in [-0.1, -0.05) is 36.4 Å². The lowest BCUT2D eigenvalue weighted by molar-refractivity contribution is 1.07. The van der Waals surface area contributed by atoms with Crippen LogP contribution in [0.4, 0.5) is 17.3 Å². The Balaban J connectivity index is 1.73. The third-order valence-electron chi connectivity index (χ3n) is 3.70. The highest BCUT2D eigenvalue weighted by atomic mass is 15.1. The lowest BCUT2D eigenvalue weighted by Gasteiger charge is -2.10. The summed E-state index contributed by atoms with van der Waals surface area (Å²) in [6.45, 7) is 2.78. The summed E-state index contributed by atoms with van der Waals surface area (Å²) in [5.74, 6) is 1.37. The van der Waals surface area contributed by atoms with Gasteiger partial charge in [0.1, 0.15) is 24.0 Å². The molecule has 0 spiro atoms. The Labute approximate surface area is 141 Å². The van der Waals surface area contributed by atoms with Gasteiger partial charge in [-0.15, -0.1) is 0 Å². The van der Waals surface area contributed by atoms with Gasteiger partial charge in [0.15, 0.2) is 0 Å². The average molecular weight is 315 g/mol. The number of anilines is 3. The monoisotopic (exact) mass is 315 g/mol. The van der Waals surface area contributed by atoms with Gasteiger partial charge in [-0.3, -0.25) is 0 Å². The number of nitrogens with zero attached hydrogens (tertiary/aromatic N) is 3. The van der Waals surface area contributed by atoms with Gasteiger partial charge < -0.3 is 10.6 Å². The normalized spacial score (nSPS) is 10.0. The lowest BCUT2D eigenvalue weighted by Crippen LogP contribution is -2.04. The van der Waals surface area contributed by atoms with E-state index < -0.39 is 0 Å². The van der Waals surface area contributed by atoms with E-state index in [-0.39, 0.29) is 0 Å². The molecule has 2 N–H and O–H groups in total. The molecule has 3 aromatic rings. The van der Waals surface area contributed by atoms with Crippen molar-refractivity contribution in [2.75, 3.05) is 10.6 Å². The summed E-state index contributed by atoms with van der Waals surface area (Å²) in [5.41, 5.74) is 3.76. The minimum atomic E-state index is 0.575. The van der Waals surface area contributed by atoms with E-state index in [0.717, 1.165) is 11.5 Å².